The third-order valence-corrected chi connectivity index (χ3v) is 8.28. The van der Waals surface area contributed by atoms with Crippen molar-refractivity contribution in [3.8, 4) is 0 Å². The first-order chi connectivity index (χ1) is 18.8. The van der Waals surface area contributed by atoms with Crippen LogP contribution in [0, 0.1) is 12.8 Å². The highest BCUT2D eigenvalue weighted by molar-refractivity contribution is 8.07. The molecule has 1 aromatic heterocycles. The molecule has 1 saturated heterocycles. The number of aliphatic hydroxyl groups is 1. The second-order valence-electron chi connectivity index (χ2n) is 9.92. The van der Waals surface area contributed by atoms with Crippen LogP contribution in [0.5, 0.6) is 0 Å². The largest absolute Gasteiger partial charge is 0.391 e. The number of hydrogen-bond donors (Lipinski definition) is 3. The average molecular weight is 549 g/mol. The van der Waals surface area contributed by atoms with Gasteiger partial charge in [0.05, 0.1) is 43.0 Å². The van der Waals surface area contributed by atoms with Gasteiger partial charge in [-0.25, -0.2) is 0 Å². The lowest BCUT2D eigenvalue weighted by molar-refractivity contribution is -0.117. The van der Waals surface area contributed by atoms with E-state index in [-0.39, 0.29) is 18.2 Å². The van der Waals surface area contributed by atoms with Crippen LogP contribution in [0.1, 0.15) is 38.8 Å². The number of carbonyl (C=O) groups is 2. The maximum atomic E-state index is 13.2. The van der Waals surface area contributed by atoms with Gasteiger partial charge in [0, 0.05) is 28.0 Å². The molecule has 206 valence electrons. The first-order valence-corrected chi connectivity index (χ1v) is 14.0. The highest BCUT2D eigenvalue weighted by atomic mass is 32.2. The molecule has 1 saturated carbocycles. The fourth-order valence-electron chi connectivity index (χ4n) is 5.14. The van der Waals surface area contributed by atoms with E-state index in [1.807, 2.05) is 38.2 Å². The Morgan fingerprint density at radius 2 is 2.08 bits per heavy atom. The van der Waals surface area contributed by atoms with Gasteiger partial charge in [-0.15, -0.1) is 5.11 Å². The number of aliphatic hydroxyl groups excluding tert-OH is 1. The topological polar surface area (TPSA) is 119 Å². The van der Waals surface area contributed by atoms with Crippen molar-refractivity contribution in [2.24, 2.45) is 16.1 Å². The van der Waals surface area contributed by atoms with Crippen molar-refractivity contribution in [2.45, 2.75) is 46.1 Å². The second-order valence-corrected chi connectivity index (χ2v) is 11.1. The van der Waals surface area contributed by atoms with Crippen molar-refractivity contribution in [1.82, 2.24) is 9.88 Å². The van der Waals surface area contributed by atoms with Crippen LogP contribution >= 0.6 is 11.8 Å². The van der Waals surface area contributed by atoms with Crippen LogP contribution in [0.3, 0.4) is 0 Å². The molecule has 2 aliphatic heterocycles. The number of hydrogen-bond acceptors (Lipinski definition) is 8. The molecule has 1 aromatic rings. The number of pyridine rings is 1. The van der Waals surface area contributed by atoms with E-state index in [2.05, 4.69) is 37.3 Å². The van der Waals surface area contributed by atoms with Crippen molar-refractivity contribution in [3.63, 3.8) is 0 Å². The van der Waals surface area contributed by atoms with E-state index in [9.17, 15) is 14.7 Å². The zero-order chi connectivity index (χ0) is 27.9. The van der Waals surface area contributed by atoms with Crippen LogP contribution in [0.15, 0.2) is 80.0 Å². The Morgan fingerprint density at radius 3 is 2.74 bits per heavy atom. The molecule has 39 heavy (non-hydrogen) atoms. The number of anilines is 2. The highest BCUT2D eigenvalue weighted by Crippen LogP contribution is 2.37. The van der Waals surface area contributed by atoms with Crippen molar-refractivity contribution in [3.05, 3.63) is 75.5 Å². The Morgan fingerprint density at radius 1 is 1.26 bits per heavy atom. The molecule has 10 heteroatoms. The summed E-state index contributed by atoms with van der Waals surface area (Å²) in [6, 6.07) is 2.24. The number of likely N-dealkylation sites (tertiary alicyclic amines) is 1. The summed E-state index contributed by atoms with van der Waals surface area (Å²) in [4.78, 5) is 34.1. The van der Waals surface area contributed by atoms with Crippen LogP contribution in [0.25, 0.3) is 0 Å². The lowest BCUT2D eigenvalue weighted by Crippen LogP contribution is -2.38. The summed E-state index contributed by atoms with van der Waals surface area (Å²) in [5.41, 5.74) is 3.51. The van der Waals surface area contributed by atoms with Gasteiger partial charge in [-0.05, 0) is 57.6 Å². The van der Waals surface area contributed by atoms with E-state index in [4.69, 9.17) is 0 Å². The number of amides is 2. The molecule has 2 fully saturated rings. The van der Waals surface area contributed by atoms with Crippen molar-refractivity contribution in [2.75, 3.05) is 36.9 Å². The third-order valence-electron chi connectivity index (χ3n) is 7.17. The standard InChI is InChI=1S/C29H36N6O3S/c1-5-21(26(6-2)39-18(3)17-36)8-9-22-13-31-34-28(22)29(38)33-25-12-23(14-30-19(25)4)32-27(37)16-35-15-20-7-10-24(35)11-20/h5-6,8-9,12,14,20,24,36H,3,7,10-11,13,15-17H2,1-2,4H3,(H,32,37)(H,33,38)/b9-8-,21-5+,26-6-. The maximum Gasteiger partial charge on any atom is 0.276 e. The Kier molecular flexibility index (Phi) is 9.66. The molecule has 0 spiro atoms. The van der Waals surface area contributed by atoms with Gasteiger partial charge in [0.2, 0.25) is 5.91 Å². The number of allylic oxidation sites excluding steroid dienone is 4. The SMILES string of the molecule is C=C(CO)SC(=C\C)/C(/C=C\C1=C(C(=O)Nc2cc(NC(=O)CN3CC4CCC3C4)cnc2C)N=NC1)=C/C. The van der Waals surface area contributed by atoms with Gasteiger partial charge in [0.25, 0.3) is 5.91 Å². The lowest BCUT2D eigenvalue weighted by Gasteiger charge is -2.25. The molecule has 0 aromatic carbocycles. The van der Waals surface area contributed by atoms with Crippen LogP contribution < -0.4 is 10.6 Å². The Hall–Kier alpha value is -3.34. The van der Waals surface area contributed by atoms with E-state index in [0.29, 0.717) is 46.7 Å². The molecule has 9 nitrogen and oxygen atoms in total. The Labute approximate surface area is 233 Å². The summed E-state index contributed by atoms with van der Waals surface area (Å²) in [6.07, 6.45) is 12.9. The smallest absolute Gasteiger partial charge is 0.276 e. The normalized spacial score (nSPS) is 21.3. The number of rotatable bonds is 11. The molecule has 0 radical (unpaired) electrons. The van der Waals surface area contributed by atoms with Crippen molar-refractivity contribution >= 4 is 35.0 Å². The van der Waals surface area contributed by atoms with Crippen LogP contribution in [-0.2, 0) is 9.59 Å². The van der Waals surface area contributed by atoms with E-state index < -0.39 is 5.91 Å². The molecular weight excluding hydrogens is 512 g/mol. The number of azo groups is 1. The van der Waals surface area contributed by atoms with Gasteiger partial charge in [0.1, 0.15) is 0 Å². The second kappa shape index (κ2) is 13.1. The number of fused-ring (bicyclic) bond motifs is 2. The number of piperidine rings is 1. The van der Waals surface area contributed by atoms with E-state index in [1.54, 1.807) is 19.2 Å². The van der Waals surface area contributed by atoms with Crippen LogP contribution in [-0.4, -0.2) is 59.1 Å². The Bertz CT molecular complexity index is 1300. The van der Waals surface area contributed by atoms with Crippen LogP contribution in [0.2, 0.25) is 0 Å². The molecule has 2 atom stereocenters. The molecule has 4 rings (SSSR count). The fourth-order valence-corrected chi connectivity index (χ4v) is 5.94. The first-order valence-electron chi connectivity index (χ1n) is 13.2. The molecule has 2 amide bonds. The summed E-state index contributed by atoms with van der Waals surface area (Å²) in [7, 11) is 0. The number of thioether (sulfide) groups is 1. The fraction of sp³-hybridized carbons (Fsp3) is 0.414. The summed E-state index contributed by atoms with van der Waals surface area (Å²) >= 11 is 1.40. The summed E-state index contributed by atoms with van der Waals surface area (Å²) in [6.45, 7) is 11.0. The quantitative estimate of drug-likeness (QED) is 0.331. The van der Waals surface area contributed by atoms with Gasteiger partial charge in [-0.2, -0.15) is 5.11 Å². The van der Waals surface area contributed by atoms with E-state index >= 15 is 0 Å². The zero-order valence-electron chi connectivity index (χ0n) is 22.7. The zero-order valence-corrected chi connectivity index (χ0v) is 23.6. The van der Waals surface area contributed by atoms with Crippen LogP contribution in [0.4, 0.5) is 11.4 Å². The number of carbonyl (C=O) groups excluding carboxylic acids is 2. The summed E-state index contributed by atoms with van der Waals surface area (Å²) < 4.78 is 0. The summed E-state index contributed by atoms with van der Waals surface area (Å²) in [5.74, 6) is 0.257. The summed E-state index contributed by atoms with van der Waals surface area (Å²) in [5, 5.41) is 23.3. The minimum absolute atomic E-state index is 0.0776. The minimum atomic E-state index is -0.395. The molecule has 3 heterocycles. The number of nitrogens with one attached hydrogen (secondary N) is 2. The van der Waals surface area contributed by atoms with E-state index in [0.717, 1.165) is 22.9 Å². The van der Waals surface area contributed by atoms with Gasteiger partial charge in [-0.1, -0.05) is 42.6 Å². The molecule has 2 unspecified atom stereocenters. The first kappa shape index (κ1) is 28.7. The van der Waals surface area contributed by atoms with Gasteiger partial charge in [0.15, 0.2) is 5.70 Å². The van der Waals surface area contributed by atoms with Crippen molar-refractivity contribution in [1.29, 1.82) is 0 Å². The Balaban J connectivity index is 1.41. The highest BCUT2D eigenvalue weighted by Gasteiger charge is 2.38. The molecule has 2 bridgehead atoms. The minimum Gasteiger partial charge on any atom is -0.391 e. The molecule has 3 N–H and O–H groups in total. The van der Waals surface area contributed by atoms with Gasteiger partial charge >= 0.3 is 0 Å². The van der Waals surface area contributed by atoms with Gasteiger partial charge in [-0.3, -0.25) is 19.5 Å². The van der Waals surface area contributed by atoms with Crippen molar-refractivity contribution < 1.29 is 14.7 Å². The molecule has 1 aliphatic carbocycles. The third kappa shape index (κ3) is 7.20. The number of aryl methyl sites for hydroxylation is 1. The monoisotopic (exact) mass is 548 g/mol. The maximum absolute atomic E-state index is 13.2. The molecular formula is C29H36N6O3S. The predicted octanol–water partition coefficient (Wildman–Crippen LogP) is 5.12. The number of aromatic nitrogens is 1. The van der Waals surface area contributed by atoms with E-state index in [1.165, 1.54) is 31.0 Å². The number of nitrogens with zero attached hydrogens (tertiary/aromatic N) is 4. The van der Waals surface area contributed by atoms with Gasteiger partial charge < -0.3 is 15.7 Å². The predicted molar refractivity (Wildman–Crippen MR) is 156 cm³/mol. The average Bonchev–Trinajstić information content (AvgIpc) is 3.67. The lowest BCUT2D eigenvalue weighted by atomic mass is 10.1. The molecule has 3 aliphatic rings.